The molecule has 0 spiro atoms. The molecule has 3 aromatic carbocycles. The van der Waals surface area contributed by atoms with Gasteiger partial charge in [0.2, 0.25) is 12.7 Å². The molecule has 1 heterocycles. The van der Waals surface area contributed by atoms with E-state index in [0.717, 1.165) is 0 Å². The SMILES string of the molecule is NC(=O)c1ccc(S(=O)(=O)Nc2ccccc2C(=O)Nc2ccc3c(c2)OCO3)cc1. The number of carbonyl (C=O) groups is 2. The van der Waals surface area contributed by atoms with Gasteiger partial charge in [-0.1, -0.05) is 12.1 Å². The first-order valence-corrected chi connectivity index (χ1v) is 10.5. The predicted molar refractivity (Wildman–Crippen MR) is 113 cm³/mol. The Kier molecular flexibility index (Phi) is 5.22. The summed E-state index contributed by atoms with van der Waals surface area (Å²) in [4.78, 5) is 23.9. The fourth-order valence-corrected chi connectivity index (χ4v) is 4.02. The van der Waals surface area contributed by atoms with Gasteiger partial charge in [0.1, 0.15) is 0 Å². The van der Waals surface area contributed by atoms with Gasteiger partial charge in [0, 0.05) is 17.3 Å². The molecule has 0 aliphatic carbocycles. The number of sulfonamides is 1. The van der Waals surface area contributed by atoms with Crippen LogP contribution < -0.4 is 25.2 Å². The van der Waals surface area contributed by atoms with Gasteiger partial charge in [0.15, 0.2) is 11.5 Å². The number of nitrogens with one attached hydrogen (secondary N) is 2. The molecule has 1 aliphatic heterocycles. The molecule has 158 valence electrons. The molecule has 2 amide bonds. The van der Waals surface area contributed by atoms with Gasteiger partial charge in [-0.15, -0.1) is 0 Å². The van der Waals surface area contributed by atoms with Crippen LogP contribution in [0.5, 0.6) is 11.5 Å². The summed E-state index contributed by atoms with van der Waals surface area (Å²) in [6, 6.07) is 16.3. The zero-order chi connectivity index (χ0) is 22.0. The van der Waals surface area contributed by atoms with Crippen molar-refractivity contribution < 1.29 is 27.5 Å². The molecule has 9 nitrogen and oxygen atoms in total. The Morgan fingerprint density at radius 1 is 0.903 bits per heavy atom. The quantitative estimate of drug-likeness (QED) is 0.540. The van der Waals surface area contributed by atoms with E-state index in [4.69, 9.17) is 15.2 Å². The lowest BCUT2D eigenvalue weighted by atomic mass is 10.1. The van der Waals surface area contributed by atoms with E-state index in [-0.39, 0.29) is 28.5 Å². The molecule has 0 fully saturated rings. The molecule has 31 heavy (non-hydrogen) atoms. The zero-order valence-electron chi connectivity index (χ0n) is 16.0. The van der Waals surface area contributed by atoms with Crippen LogP contribution in [0.3, 0.4) is 0 Å². The Bertz CT molecular complexity index is 1270. The molecule has 0 saturated carbocycles. The Morgan fingerprint density at radius 2 is 1.61 bits per heavy atom. The summed E-state index contributed by atoms with van der Waals surface area (Å²) in [6.45, 7) is 0.109. The van der Waals surface area contributed by atoms with Gasteiger partial charge in [-0.2, -0.15) is 0 Å². The molecule has 3 aromatic rings. The van der Waals surface area contributed by atoms with Crippen LogP contribution in [-0.4, -0.2) is 27.0 Å². The van der Waals surface area contributed by atoms with E-state index in [9.17, 15) is 18.0 Å². The zero-order valence-corrected chi connectivity index (χ0v) is 16.8. The molecule has 4 N–H and O–H groups in total. The van der Waals surface area contributed by atoms with E-state index in [1.807, 2.05) is 0 Å². The number of nitrogens with two attached hydrogens (primary N) is 1. The molecule has 0 unspecified atom stereocenters. The minimum atomic E-state index is -4.01. The van der Waals surface area contributed by atoms with Crippen molar-refractivity contribution in [2.45, 2.75) is 4.90 Å². The van der Waals surface area contributed by atoms with Gasteiger partial charge in [-0.3, -0.25) is 14.3 Å². The van der Waals surface area contributed by atoms with Gasteiger partial charge in [-0.05, 0) is 48.5 Å². The normalized spacial score (nSPS) is 12.3. The number of para-hydroxylation sites is 1. The molecule has 0 radical (unpaired) electrons. The van der Waals surface area contributed by atoms with Crippen LogP contribution in [0.2, 0.25) is 0 Å². The Morgan fingerprint density at radius 3 is 2.35 bits per heavy atom. The molecule has 0 atom stereocenters. The first-order chi connectivity index (χ1) is 14.8. The molecule has 4 rings (SSSR count). The van der Waals surface area contributed by atoms with Crippen LogP contribution in [0.25, 0.3) is 0 Å². The Balaban J connectivity index is 1.56. The van der Waals surface area contributed by atoms with E-state index in [1.165, 1.54) is 36.4 Å². The van der Waals surface area contributed by atoms with Gasteiger partial charge in [0.05, 0.1) is 16.1 Å². The van der Waals surface area contributed by atoms with Crippen LogP contribution in [0, 0.1) is 0 Å². The summed E-state index contributed by atoms with van der Waals surface area (Å²) in [5, 5.41) is 2.71. The maximum Gasteiger partial charge on any atom is 0.261 e. The van der Waals surface area contributed by atoms with Crippen molar-refractivity contribution in [2.75, 3.05) is 16.8 Å². The van der Waals surface area contributed by atoms with E-state index < -0.39 is 21.8 Å². The molecule has 0 saturated heterocycles. The van der Waals surface area contributed by atoms with E-state index in [2.05, 4.69) is 10.0 Å². The highest BCUT2D eigenvalue weighted by molar-refractivity contribution is 7.92. The third-order valence-corrected chi connectivity index (χ3v) is 5.88. The highest BCUT2D eigenvalue weighted by Gasteiger charge is 2.20. The number of benzene rings is 3. The van der Waals surface area contributed by atoms with Crippen LogP contribution in [0.4, 0.5) is 11.4 Å². The van der Waals surface area contributed by atoms with Crippen LogP contribution in [-0.2, 0) is 10.0 Å². The van der Waals surface area contributed by atoms with Crippen LogP contribution >= 0.6 is 0 Å². The summed E-state index contributed by atoms with van der Waals surface area (Å²) in [5.74, 6) is -0.0941. The highest BCUT2D eigenvalue weighted by atomic mass is 32.2. The molecule has 10 heteroatoms. The smallest absolute Gasteiger partial charge is 0.261 e. The topological polar surface area (TPSA) is 137 Å². The molecular weight excluding hydrogens is 422 g/mol. The second-order valence-corrected chi connectivity index (χ2v) is 8.24. The monoisotopic (exact) mass is 439 g/mol. The second-order valence-electron chi connectivity index (χ2n) is 6.56. The Labute approximate surface area is 177 Å². The number of ether oxygens (including phenoxy) is 2. The van der Waals surface area contributed by atoms with Gasteiger partial charge >= 0.3 is 0 Å². The molecule has 0 bridgehead atoms. The first kappa shape index (κ1) is 20.2. The summed E-state index contributed by atoms with van der Waals surface area (Å²) in [5.41, 5.74) is 6.05. The predicted octanol–water partition coefficient (Wildman–Crippen LogP) is 2.57. The minimum Gasteiger partial charge on any atom is -0.454 e. The van der Waals surface area contributed by atoms with Crippen molar-refractivity contribution in [1.29, 1.82) is 0 Å². The fourth-order valence-electron chi connectivity index (χ4n) is 2.94. The maximum absolute atomic E-state index is 12.8. The van der Waals surface area contributed by atoms with Gasteiger partial charge in [-0.25, -0.2) is 8.42 Å². The number of anilines is 2. The summed E-state index contributed by atoms with van der Waals surface area (Å²) < 4.78 is 38.5. The number of rotatable bonds is 6. The number of primary amides is 1. The number of hydrogen-bond acceptors (Lipinski definition) is 6. The van der Waals surface area contributed by atoms with Crippen molar-refractivity contribution in [3.8, 4) is 11.5 Å². The number of hydrogen-bond donors (Lipinski definition) is 3. The average molecular weight is 439 g/mol. The van der Waals surface area contributed by atoms with E-state index >= 15 is 0 Å². The summed E-state index contributed by atoms with van der Waals surface area (Å²) >= 11 is 0. The number of fused-ring (bicyclic) bond motifs is 1. The third kappa shape index (κ3) is 4.28. The Hall–Kier alpha value is -4.05. The lowest BCUT2D eigenvalue weighted by Gasteiger charge is -2.13. The molecule has 1 aliphatic rings. The molecular formula is C21H17N3O6S. The highest BCUT2D eigenvalue weighted by Crippen LogP contribution is 2.34. The first-order valence-electron chi connectivity index (χ1n) is 9.06. The van der Waals surface area contributed by atoms with Crippen molar-refractivity contribution in [3.05, 3.63) is 77.9 Å². The van der Waals surface area contributed by atoms with Crippen molar-refractivity contribution in [2.24, 2.45) is 5.73 Å². The minimum absolute atomic E-state index is 0.0801. The lowest BCUT2D eigenvalue weighted by molar-refractivity contribution is 0.0997. The summed E-state index contributed by atoms with van der Waals surface area (Å²) in [7, 11) is -4.01. The van der Waals surface area contributed by atoms with Crippen LogP contribution in [0.15, 0.2) is 71.6 Å². The number of carbonyl (C=O) groups excluding carboxylic acids is 2. The average Bonchev–Trinajstić information content (AvgIpc) is 3.22. The molecule has 0 aromatic heterocycles. The lowest BCUT2D eigenvalue weighted by Crippen LogP contribution is -2.19. The second kappa shape index (κ2) is 8.00. The number of amides is 2. The standard InChI is InChI=1S/C21H17N3O6S/c22-20(25)13-5-8-15(9-6-13)31(27,28)24-17-4-2-1-3-16(17)21(26)23-14-7-10-18-19(11-14)30-12-29-18/h1-11,24H,12H2,(H2,22,25)(H,23,26). The fraction of sp³-hybridized carbons (Fsp3) is 0.0476. The van der Waals surface area contributed by atoms with Crippen molar-refractivity contribution in [3.63, 3.8) is 0 Å². The van der Waals surface area contributed by atoms with Gasteiger partial charge < -0.3 is 20.5 Å². The maximum atomic E-state index is 12.8. The van der Waals surface area contributed by atoms with Crippen LogP contribution in [0.1, 0.15) is 20.7 Å². The van der Waals surface area contributed by atoms with E-state index in [1.54, 1.807) is 30.3 Å². The van der Waals surface area contributed by atoms with Gasteiger partial charge in [0.25, 0.3) is 15.9 Å². The third-order valence-electron chi connectivity index (χ3n) is 4.50. The van der Waals surface area contributed by atoms with E-state index in [0.29, 0.717) is 17.2 Å². The summed E-state index contributed by atoms with van der Waals surface area (Å²) in [6.07, 6.45) is 0. The van der Waals surface area contributed by atoms with Crippen molar-refractivity contribution >= 4 is 33.2 Å². The van der Waals surface area contributed by atoms with Crippen molar-refractivity contribution in [1.82, 2.24) is 0 Å². The largest absolute Gasteiger partial charge is 0.454 e.